The van der Waals surface area contributed by atoms with Crippen molar-refractivity contribution in [2.75, 3.05) is 17.6 Å². The van der Waals surface area contributed by atoms with E-state index < -0.39 is 0 Å². The van der Waals surface area contributed by atoms with Crippen LogP contribution in [0.4, 0.5) is 11.4 Å². The van der Waals surface area contributed by atoms with Crippen LogP contribution in [0.2, 0.25) is 0 Å². The molecule has 1 aromatic carbocycles. The second-order valence-electron chi connectivity index (χ2n) is 3.65. The summed E-state index contributed by atoms with van der Waals surface area (Å²) in [6.07, 6.45) is 2.44. The third kappa shape index (κ3) is 2.95. The van der Waals surface area contributed by atoms with Gasteiger partial charge in [-0.1, -0.05) is 38.8 Å². The zero-order chi connectivity index (χ0) is 10.4. The van der Waals surface area contributed by atoms with Crippen LogP contribution in [0.25, 0.3) is 0 Å². The molecule has 0 radical (unpaired) electrons. The average Bonchev–Trinajstić information content (AvgIpc) is 2.22. The van der Waals surface area contributed by atoms with E-state index in [0.717, 1.165) is 23.8 Å². The first-order valence-corrected chi connectivity index (χ1v) is 5.36. The fraction of sp³-hybridized carbons (Fsp3) is 0.500. The molecule has 0 aliphatic heterocycles. The highest BCUT2D eigenvalue weighted by molar-refractivity contribution is 5.65. The van der Waals surface area contributed by atoms with E-state index in [1.54, 1.807) is 0 Å². The maximum absolute atomic E-state index is 5.83. The summed E-state index contributed by atoms with van der Waals surface area (Å²) >= 11 is 0. The highest BCUT2D eigenvalue weighted by Gasteiger charge is 2.03. The number of benzene rings is 1. The van der Waals surface area contributed by atoms with Gasteiger partial charge in [-0.3, -0.25) is 0 Å². The molecular formula is C12H20N2. The highest BCUT2D eigenvalue weighted by atomic mass is 14.9. The number of anilines is 2. The van der Waals surface area contributed by atoms with Gasteiger partial charge in [0.25, 0.3) is 0 Å². The number of para-hydroxylation sites is 2. The van der Waals surface area contributed by atoms with Crippen molar-refractivity contribution in [2.45, 2.75) is 26.7 Å². The Labute approximate surface area is 86.5 Å². The van der Waals surface area contributed by atoms with E-state index >= 15 is 0 Å². The van der Waals surface area contributed by atoms with Gasteiger partial charge in [-0.25, -0.2) is 0 Å². The minimum absolute atomic E-state index is 0.745. The van der Waals surface area contributed by atoms with Gasteiger partial charge in [0.1, 0.15) is 0 Å². The smallest absolute Gasteiger partial charge is 0.0573 e. The van der Waals surface area contributed by atoms with Crippen molar-refractivity contribution >= 4 is 11.4 Å². The monoisotopic (exact) mass is 192 g/mol. The molecule has 1 aromatic rings. The Morgan fingerprint density at radius 1 is 1.21 bits per heavy atom. The Hall–Kier alpha value is -1.18. The molecule has 0 bridgehead atoms. The normalized spacial score (nSPS) is 10.5. The van der Waals surface area contributed by atoms with Crippen LogP contribution < -0.4 is 11.1 Å². The topological polar surface area (TPSA) is 38.0 Å². The van der Waals surface area contributed by atoms with E-state index in [2.05, 4.69) is 19.2 Å². The molecule has 1 rings (SSSR count). The summed E-state index contributed by atoms with van der Waals surface area (Å²) in [6.45, 7) is 5.47. The third-order valence-corrected chi connectivity index (χ3v) is 2.70. The molecule has 0 aliphatic carbocycles. The number of nitrogens with two attached hydrogens (primary N) is 1. The van der Waals surface area contributed by atoms with Crippen LogP contribution >= 0.6 is 0 Å². The zero-order valence-corrected chi connectivity index (χ0v) is 9.09. The van der Waals surface area contributed by atoms with E-state index in [4.69, 9.17) is 5.73 Å². The summed E-state index contributed by atoms with van der Waals surface area (Å²) in [5.74, 6) is 0.745. The van der Waals surface area contributed by atoms with Gasteiger partial charge in [0, 0.05) is 6.54 Å². The van der Waals surface area contributed by atoms with Crippen molar-refractivity contribution in [3.63, 3.8) is 0 Å². The zero-order valence-electron chi connectivity index (χ0n) is 9.09. The Morgan fingerprint density at radius 2 is 1.86 bits per heavy atom. The van der Waals surface area contributed by atoms with Crippen molar-refractivity contribution in [2.24, 2.45) is 5.92 Å². The average molecular weight is 192 g/mol. The van der Waals surface area contributed by atoms with Gasteiger partial charge in [-0.05, 0) is 18.1 Å². The van der Waals surface area contributed by atoms with E-state index in [1.165, 1.54) is 12.8 Å². The van der Waals surface area contributed by atoms with Crippen LogP contribution in [0, 0.1) is 5.92 Å². The number of rotatable bonds is 5. The number of hydrogen-bond donors (Lipinski definition) is 2. The first-order valence-electron chi connectivity index (χ1n) is 5.36. The van der Waals surface area contributed by atoms with Crippen molar-refractivity contribution in [1.82, 2.24) is 0 Å². The molecule has 0 amide bonds. The lowest BCUT2D eigenvalue weighted by Crippen LogP contribution is -2.13. The summed E-state index contributed by atoms with van der Waals surface area (Å²) in [5.41, 5.74) is 7.71. The summed E-state index contributed by atoms with van der Waals surface area (Å²) in [7, 11) is 0. The summed E-state index contributed by atoms with van der Waals surface area (Å²) in [5, 5.41) is 3.39. The number of nitrogens with one attached hydrogen (secondary N) is 1. The molecular weight excluding hydrogens is 172 g/mol. The van der Waals surface area contributed by atoms with Gasteiger partial charge in [-0.15, -0.1) is 0 Å². The molecule has 2 heteroatoms. The highest BCUT2D eigenvalue weighted by Crippen LogP contribution is 2.18. The van der Waals surface area contributed by atoms with Crippen LogP contribution in [0.5, 0.6) is 0 Å². The second kappa shape index (κ2) is 5.53. The molecule has 0 aliphatic rings. The molecule has 78 valence electrons. The maximum atomic E-state index is 5.83. The Bertz CT molecular complexity index is 267. The minimum atomic E-state index is 0.745. The molecule has 0 saturated heterocycles. The third-order valence-electron chi connectivity index (χ3n) is 2.70. The van der Waals surface area contributed by atoms with Crippen molar-refractivity contribution in [3.05, 3.63) is 24.3 Å². The molecule has 3 N–H and O–H groups in total. The molecule has 0 heterocycles. The predicted octanol–water partition coefficient (Wildman–Crippen LogP) is 3.12. The van der Waals surface area contributed by atoms with Crippen molar-refractivity contribution in [3.8, 4) is 0 Å². The second-order valence-corrected chi connectivity index (χ2v) is 3.65. The number of nitrogen functional groups attached to an aromatic ring is 1. The first-order chi connectivity index (χ1) is 6.77. The molecule has 0 fully saturated rings. The van der Waals surface area contributed by atoms with Crippen LogP contribution in [0.1, 0.15) is 26.7 Å². The molecule has 0 aromatic heterocycles. The molecule has 0 unspecified atom stereocenters. The fourth-order valence-corrected chi connectivity index (χ4v) is 1.49. The van der Waals surface area contributed by atoms with E-state index in [9.17, 15) is 0 Å². The van der Waals surface area contributed by atoms with E-state index in [0.29, 0.717) is 0 Å². The van der Waals surface area contributed by atoms with Crippen LogP contribution in [0.3, 0.4) is 0 Å². The maximum Gasteiger partial charge on any atom is 0.0573 e. The lowest BCUT2D eigenvalue weighted by molar-refractivity contribution is 0.519. The van der Waals surface area contributed by atoms with Gasteiger partial charge in [0.05, 0.1) is 11.4 Å². The quantitative estimate of drug-likeness (QED) is 0.703. The Kier molecular flexibility index (Phi) is 4.30. The van der Waals surface area contributed by atoms with Gasteiger partial charge < -0.3 is 11.1 Å². The molecule has 0 spiro atoms. The molecule has 2 nitrogen and oxygen atoms in total. The first kappa shape index (κ1) is 10.9. The van der Waals surface area contributed by atoms with Gasteiger partial charge in [0.15, 0.2) is 0 Å². The van der Waals surface area contributed by atoms with Gasteiger partial charge in [-0.2, -0.15) is 0 Å². The Morgan fingerprint density at radius 3 is 2.43 bits per heavy atom. The lowest BCUT2D eigenvalue weighted by atomic mass is 10.0. The van der Waals surface area contributed by atoms with Crippen LogP contribution in [-0.2, 0) is 0 Å². The van der Waals surface area contributed by atoms with Crippen LogP contribution in [0.15, 0.2) is 24.3 Å². The van der Waals surface area contributed by atoms with Gasteiger partial charge in [0.2, 0.25) is 0 Å². The minimum Gasteiger partial charge on any atom is -0.397 e. The SMILES string of the molecule is CCC(CC)CNc1ccccc1N. The van der Waals surface area contributed by atoms with E-state index in [-0.39, 0.29) is 0 Å². The summed E-state index contributed by atoms with van der Waals surface area (Å²) < 4.78 is 0. The largest absolute Gasteiger partial charge is 0.397 e. The Balaban J connectivity index is 2.49. The summed E-state index contributed by atoms with van der Waals surface area (Å²) in [4.78, 5) is 0. The molecule has 0 saturated carbocycles. The van der Waals surface area contributed by atoms with E-state index in [1.807, 2.05) is 24.3 Å². The predicted molar refractivity (Wildman–Crippen MR) is 63.4 cm³/mol. The fourth-order valence-electron chi connectivity index (χ4n) is 1.49. The lowest BCUT2D eigenvalue weighted by Gasteiger charge is -2.15. The molecule has 0 atom stereocenters. The number of hydrogen-bond acceptors (Lipinski definition) is 2. The standard InChI is InChI=1S/C12H20N2/c1-3-10(4-2)9-14-12-8-6-5-7-11(12)13/h5-8,10,14H,3-4,9,13H2,1-2H3. The summed E-state index contributed by atoms with van der Waals surface area (Å²) in [6, 6.07) is 7.91. The van der Waals surface area contributed by atoms with Crippen LogP contribution in [-0.4, -0.2) is 6.54 Å². The molecule has 14 heavy (non-hydrogen) atoms. The van der Waals surface area contributed by atoms with Gasteiger partial charge >= 0.3 is 0 Å². The van der Waals surface area contributed by atoms with Crippen molar-refractivity contribution < 1.29 is 0 Å². The van der Waals surface area contributed by atoms with Crippen molar-refractivity contribution in [1.29, 1.82) is 0 Å².